The van der Waals surface area contributed by atoms with E-state index in [0.717, 1.165) is 0 Å². The number of aromatic nitrogens is 1. The highest BCUT2D eigenvalue weighted by Crippen LogP contribution is 2.24. The molecule has 0 saturated carbocycles. The molecule has 0 radical (unpaired) electrons. The van der Waals surface area contributed by atoms with E-state index in [0.29, 0.717) is 22.5 Å². The lowest BCUT2D eigenvalue weighted by Crippen LogP contribution is -2.43. The Bertz CT molecular complexity index is 649. The molecule has 0 aliphatic rings. The van der Waals surface area contributed by atoms with Crippen LogP contribution < -0.4 is 0 Å². The topological polar surface area (TPSA) is 68.6 Å². The number of hydrogen-bond acceptors (Lipinski definition) is 4. The van der Waals surface area contributed by atoms with E-state index in [2.05, 4.69) is 0 Å². The van der Waals surface area contributed by atoms with E-state index in [9.17, 15) is 14.4 Å². The van der Waals surface area contributed by atoms with Crippen LogP contribution in [0.15, 0.2) is 0 Å². The second-order valence-corrected chi connectivity index (χ2v) is 6.24. The smallest absolute Gasteiger partial charge is 0.354 e. The molecule has 0 unspecified atom stereocenters. The fourth-order valence-corrected chi connectivity index (χ4v) is 2.74. The second-order valence-electron chi connectivity index (χ2n) is 5.59. The van der Waals surface area contributed by atoms with Crippen molar-refractivity contribution in [2.45, 2.75) is 39.1 Å². The summed E-state index contributed by atoms with van der Waals surface area (Å²) in [5.74, 6) is -1.07. The summed E-state index contributed by atoms with van der Waals surface area (Å²) in [7, 11) is 4.53. The van der Waals surface area contributed by atoms with E-state index >= 15 is 0 Å². The average molecular weight is 343 g/mol. The van der Waals surface area contributed by atoms with Gasteiger partial charge in [-0.25, -0.2) is 4.79 Å². The van der Waals surface area contributed by atoms with Crippen LogP contribution in [-0.4, -0.2) is 52.7 Å². The van der Waals surface area contributed by atoms with Gasteiger partial charge in [-0.3, -0.25) is 9.59 Å². The number of ether oxygens (including phenoxy) is 1. The molecule has 7 heteroatoms. The molecule has 0 N–H and O–H groups in total. The van der Waals surface area contributed by atoms with Crippen molar-refractivity contribution >= 4 is 29.3 Å². The number of methoxy groups -OCH3 is 1. The molecule has 1 rings (SSSR count). The zero-order chi connectivity index (χ0) is 18.1. The molecule has 0 aliphatic carbocycles. The van der Waals surface area contributed by atoms with E-state index in [-0.39, 0.29) is 11.7 Å². The highest BCUT2D eigenvalue weighted by molar-refractivity contribution is 6.30. The maximum Gasteiger partial charge on any atom is 0.354 e. The first-order chi connectivity index (χ1) is 10.6. The Hall–Kier alpha value is -1.82. The molecule has 0 saturated heterocycles. The van der Waals surface area contributed by atoms with Crippen LogP contribution in [0.2, 0.25) is 0 Å². The summed E-state index contributed by atoms with van der Waals surface area (Å²) >= 11 is 5.80. The summed E-state index contributed by atoms with van der Waals surface area (Å²) in [4.78, 5) is 38.0. The number of likely N-dealkylation sites (N-methyl/N-ethyl adjacent to an activating group) is 1. The summed E-state index contributed by atoms with van der Waals surface area (Å²) in [5.41, 5.74) is 1.97. The molecule has 0 bridgehead atoms. The van der Waals surface area contributed by atoms with Gasteiger partial charge in [-0.1, -0.05) is 0 Å². The molecule has 0 aromatic carbocycles. The molecule has 2 atom stereocenters. The zero-order valence-corrected chi connectivity index (χ0v) is 15.3. The predicted octanol–water partition coefficient (Wildman–Crippen LogP) is 2.09. The Morgan fingerprint density at radius 2 is 1.74 bits per heavy atom. The second kappa shape index (κ2) is 7.17. The van der Waals surface area contributed by atoms with Gasteiger partial charge in [0.25, 0.3) is 0 Å². The summed E-state index contributed by atoms with van der Waals surface area (Å²) in [6.45, 7) is 6.66. The van der Waals surface area contributed by atoms with Crippen LogP contribution in [0.25, 0.3) is 0 Å². The molecule has 6 nitrogen and oxygen atoms in total. The fraction of sp³-hybridized carbons (Fsp3) is 0.562. The van der Waals surface area contributed by atoms with Crippen LogP contribution in [0.1, 0.15) is 46.0 Å². The van der Waals surface area contributed by atoms with Crippen molar-refractivity contribution in [2.24, 2.45) is 7.05 Å². The number of hydrogen-bond donors (Lipinski definition) is 0. The molecule has 23 heavy (non-hydrogen) atoms. The number of halogens is 1. The van der Waals surface area contributed by atoms with Gasteiger partial charge < -0.3 is 14.2 Å². The van der Waals surface area contributed by atoms with E-state index in [4.69, 9.17) is 16.3 Å². The Labute approximate surface area is 141 Å². The Morgan fingerprint density at radius 1 is 1.22 bits per heavy atom. The number of ketones is 1. The highest BCUT2D eigenvalue weighted by atomic mass is 35.5. The van der Waals surface area contributed by atoms with Gasteiger partial charge in [-0.15, -0.1) is 11.6 Å². The van der Waals surface area contributed by atoms with Crippen molar-refractivity contribution in [3.63, 3.8) is 0 Å². The SMILES string of the molecule is COC(=O)c1c(C)c(C(=O)[C@@H](C)N(C)C(=O)[C@H](C)Cl)c(C)n1C. The van der Waals surface area contributed by atoms with E-state index in [1.165, 1.54) is 12.0 Å². The molecule has 1 amide bonds. The number of amides is 1. The number of carbonyl (C=O) groups excluding carboxylic acids is 3. The van der Waals surface area contributed by atoms with Gasteiger partial charge in [0, 0.05) is 25.4 Å². The molecule has 0 spiro atoms. The van der Waals surface area contributed by atoms with Gasteiger partial charge in [0.2, 0.25) is 5.91 Å². The summed E-state index contributed by atoms with van der Waals surface area (Å²) < 4.78 is 6.40. The summed E-state index contributed by atoms with van der Waals surface area (Å²) in [5, 5.41) is -0.709. The number of esters is 1. The number of nitrogens with zero attached hydrogens (tertiary/aromatic N) is 2. The van der Waals surface area contributed by atoms with Gasteiger partial charge in [0.1, 0.15) is 11.1 Å². The molecular weight excluding hydrogens is 320 g/mol. The maximum atomic E-state index is 12.8. The standard InChI is InChI=1S/C16H23ClN2O4/c1-8-12(10(3)18(5)13(8)16(22)23-7)14(20)11(4)19(6)15(21)9(2)17/h9,11H,1-7H3/t9-,11+/m0/s1. The summed E-state index contributed by atoms with van der Waals surface area (Å²) in [6, 6.07) is -0.686. The summed E-state index contributed by atoms with van der Waals surface area (Å²) in [6.07, 6.45) is 0. The third-order valence-corrected chi connectivity index (χ3v) is 4.39. The van der Waals surface area contributed by atoms with Crippen molar-refractivity contribution in [1.29, 1.82) is 0 Å². The van der Waals surface area contributed by atoms with Crippen LogP contribution in [0.3, 0.4) is 0 Å². The van der Waals surface area contributed by atoms with Crippen molar-refractivity contribution in [3.8, 4) is 0 Å². The number of alkyl halides is 1. The van der Waals surface area contributed by atoms with Gasteiger partial charge >= 0.3 is 5.97 Å². The van der Waals surface area contributed by atoms with Crippen molar-refractivity contribution < 1.29 is 19.1 Å². The molecule has 0 aliphatic heterocycles. The monoisotopic (exact) mass is 342 g/mol. The fourth-order valence-electron chi connectivity index (χ4n) is 2.58. The number of Topliss-reactive ketones (excluding diaryl/α,β-unsaturated/α-hetero) is 1. The molecule has 1 aromatic rings. The van der Waals surface area contributed by atoms with Crippen molar-refractivity contribution in [3.05, 3.63) is 22.5 Å². The first-order valence-corrected chi connectivity index (χ1v) is 7.68. The predicted molar refractivity (Wildman–Crippen MR) is 88.1 cm³/mol. The highest BCUT2D eigenvalue weighted by Gasteiger charge is 2.31. The maximum absolute atomic E-state index is 12.8. The molecule has 0 fully saturated rings. The molecule has 128 valence electrons. The Balaban J connectivity index is 3.29. The largest absolute Gasteiger partial charge is 0.464 e. The van der Waals surface area contributed by atoms with Crippen molar-refractivity contribution in [1.82, 2.24) is 9.47 Å². The first-order valence-electron chi connectivity index (χ1n) is 7.25. The Kier molecular flexibility index (Phi) is 5.99. The first kappa shape index (κ1) is 19.2. The minimum absolute atomic E-state index is 0.237. The van der Waals surface area contributed by atoms with Crippen LogP contribution >= 0.6 is 11.6 Å². The van der Waals surface area contributed by atoms with Gasteiger partial charge in [-0.05, 0) is 33.3 Å². The minimum Gasteiger partial charge on any atom is -0.464 e. The zero-order valence-electron chi connectivity index (χ0n) is 14.6. The third-order valence-electron chi connectivity index (χ3n) is 4.20. The normalized spacial score (nSPS) is 13.4. The third kappa shape index (κ3) is 3.42. The average Bonchev–Trinajstić information content (AvgIpc) is 2.73. The van der Waals surface area contributed by atoms with Gasteiger partial charge in [0.15, 0.2) is 5.78 Å². The van der Waals surface area contributed by atoms with E-state index in [1.807, 2.05) is 0 Å². The van der Waals surface area contributed by atoms with Gasteiger partial charge in [0.05, 0.1) is 13.2 Å². The Morgan fingerprint density at radius 3 is 2.17 bits per heavy atom. The van der Waals surface area contributed by atoms with E-state index in [1.54, 1.807) is 46.4 Å². The quantitative estimate of drug-likeness (QED) is 0.467. The van der Waals surface area contributed by atoms with E-state index < -0.39 is 17.4 Å². The van der Waals surface area contributed by atoms with Gasteiger partial charge in [-0.2, -0.15) is 0 Å². The number of rotatable bonds is 5. The lowest BCUT2D eigenvalue weighted by Gasteiger charge is -2.25. The van der Waals surface area contributed by atoms with Crippen LogP contribution in [0.5, 0.6) is 0 Å². The molecular formula is C16H23ClN2O4. The van der Waals surface area contributed by atoms with Crippen LogP contribution in [-0.2, 0) is 16.6 Å². The lowest BCUT2D eigenvalue weighted by molar-refractivity contribution is -0.130. The lowest BCUT2D eigenvalue weighted by atomic mass is 10.00. The van der Waals surface area contributed by atoms with Crippen molar-refractivity contribution in [2.75, 3.05) is 14.2 Å². The molecule has 1 heterocycles. The minimum atomic E-state index is -0.709. The molecule has 1 aromatic heterocycles. The number of carbonyl (C=O) groups is 3. The van der Waals surface area contributed by atoms with Crippen LogP contribution in [0, 0.1) is 13.8 Å². The van der Waals surface area contributed by atoms with Crippen LogP contribution in [0.4, 0.5) is 0 Å².